The van der Waals surface area contributed by atoms with E-state index in [2.05, 4.69) is 50.2 Å². The number of hydrogen-bond donors (Lipinski definition) is 0. The van der Waals surface area contributed by atoms with E-state index in [1.165, 1.54) is 38.6 Å². The van der Waals surface area contributed by atoms with Gasteiger partial charge in [0.25, 0.3) is 0 Å². The molecule has 19 heavy (non-hydrogen) atoms. The molecule has 0 saturated heterocycles. The van der Waals surface area contributed by atoms with Gasteiger partial charge >= 0.3 is 0 Å². The lowest BCUT2D eigenvalue weighted by Gasteiger charge is -2.08. The zero-order chi connectivity index (χ0) is 13.1. The number of hydrogen-bond acceptors (Lipinski definition) is 2. The summed E-state index contributed by atoms with van der Waals surface area (Å²) in [6, 6.07) is 4.43. The molecule has 0 spiro atoms. The van der Waals surface area contributed by atoms with Crippen LogP contribution in [0, 0.1) is 20.8 Å². The highest BCUT2D eigenvalue weighted by Crippen LogP contribution is 2.29. The van der Waals surface area contributed by atoms with Crippen molar-refractivity contribution in [2.24, 2.45) is 0 Å². The Kier molecular flexibility index (Phi) is 1.97. The molecule has 0 radical (unpaired) electrons. The molecule has 1 aromatic heterocycles. The van der Waals surface area contributed by atoms with Crippen LogP contribution in [0.1, 0.15) is 23.1 Å². The van der Waals surface area contributed by atoms with E-state index in [1.54, 1.807) is 0 Å². The van der Waals surface area contributed by atoms with Gasteiger partial charge in [-0.2, -0.15) is 0 Å². The third-order valence-corrected chi connectivity index (χ3v) is 4.09. The summed E-state index contributed by atoms with van der Waals surface area (Å²) in [5.74, 6) is 0. The van der Waals surface area contributed by atoms with E-state index < -0.39 is 0 Å². The molecule has 0 unspecified atom stereocenters. The summed E-state index contributed by atoms with van der Waals surface area (Å²) in [7, 11) is 0. The van der Waals surface area contributed by atoms with Gasteiger partial charge < -0.3 is 4.52 Å². The summed E-state index contributed by atoms with van der Waals surface area (Å²) in [6.07, 6.45) is 5.34. The number of nitrogens with zero attached hydrogens (tertiary/aromatic N) is 1. The van der Waals surface area contributed by atoms with Crippen LogP contribution in [0.15, 0.2) is 28.8 Å². The van der Waals surface area contributed by atoms with Gasteiger partial charge in [-0.15, -0.1) is 0 Å². The second kappa shape index (κ2) is 3.47. The molecule has 2 aliphatic rings. The van der Waals surface area contributed by atoms with Crippen molar-refractivity contribution in [1.82, 2.24) is 5.16 Å². The third kappa shape index (κ3) is 1.34. The van der Waals surface area contributed by atoms with E-state index in [0.29, 0.717) is 0 Å². The molecule has 2 aliphatic carbocycles. The average Bonchev–Trinajstić information content (AvgIpc) is 2.98. The molecule has 94 valence electrons. The molecule has 1 heterocycles. The lowest BCUT2D eigenvalue weighted by Crippen LogP contribution is -2.22. The van der Waals surface area contributed by atoms with Gasteiger partial charge in [0.15, 0.2) is 5.42 Å². The first-order chi connectivity index (χ1) is 9.15. The Morgan fingerprint density at radius 3 is 2.42 bits per heavy atom. The van der Waals surface area contributed by atoms with E-state index in [0.717, 1.165) is 17.5 Å². The SMILES string of the molecule is Cc1cc(C)c(-c2noc3c2=C2C=CC=3C2)c(C)c1. The first-order valence-corrected chi connectivity index (χ1v) is 6.63. The van der Waals surface area contributed by atoms with Crippen LogP contribution in [0.4, 0.5) is 0 Å². The number of rotatable bonds is 1. The molecule has 0 saturated carbocycles. The Morgan fingerprint density at radius 1 is 1.00 bits per heavy atom. The first-order valence-electron chi connectivity index (χ1n) is 6.63. The van der Waals surface area contributed by atoms with Crippen LogP contribution in [-0.2, 0) is 0 Å². The van der Waals surface area contributed by atoms with Crippen LogP contribution < -0.4 is 10.6 Å². The standard InChI is InChI=1S/C17H15NO/c1-9-6-10(2)14(11(3)7-9)16-15-12-4-5-13(8-12)17(15)19-18-16/h4-7H,8H2,1-3H3. The van der Waals surface area contributed by atoms with Crippen molar-refractivity contribution < 1.29 is 4.52 Å². The van der Waals surface area contributed by atoms with Gasteiger partial charge in [-0.3, -0.25) is 0 Å². The van der Waals surface area contributed by atoms with Gasteiger partial charge in [-0.05, 0) is 37.5 Å². The van der Waals surface area contributed by atoms with Crippen LogP contribution in [-0.4, -0.2) is 5.16 Å². The summed E-state index contributed by atoms with van der Waals surface area (Å²) < 4.78 is 5.58. The highest BCUT2D eigenvalue weighted by Gasteiger charge is 2.24. The number of aryl methyl sites for hydroxylation is 3. The predicted octanol–water partition coefficient (Wildman–Crippen LogP) is 2.54. The highest BCUT2D eigenvalue weighted by atomic mass is 16.5. The number of fused-ring (bicyclic) bond motifs is 3. The highest BCUT2D eigenvalue weighted by molar-refractivity contribution is 5.87. The van der Waals surface area contributed by atoms with Crippen molar-refractivity contribution in [2.75, 3.05) is 0 Å². The second-order valence-corrected chi connectivity index (χ2v) is 5.57. The van der Waals surface area contributed by atoms with E-state index in [1.807, 2.05) is 0 Å². The van der Waals surface area contributed by atoms with Gasteiger partial charge in [-0.25, -0.2) is 0 Å². The number of aromatic nitrogens is 1. The molecule has 1 aromatic carbocycles. The molecule has 0 amide bonds. The summed E-state index contributed by atoms with van der Waals surface area (Å²) in [6.45, 7) is 6.43. The van der Waals surface area contributed by atoms with Crippen molar-refractivity contribution >= 4 is 11.1 Å². The van der Waals surface area contributed by atoms with Gasteiger partial charge in [0.1, 0.15) is 5.69 Å². The van der Waals surface area contributed by atoms with Gasteiger partial charge in [0.05, 0.1) is 5.22 Å². The summed E-state index contributed by atoms with van der Waals surface area (Å²) in [5, 5.41) is 5.56. The molecule has 0 fully saturated rings. The maximum absolute atomic E-state index is 5.58. The zero-order valence-corrected chi connectivity index (χ0v) is 11.4. The summed E-state index contributed by atoms with van der Waals surface area (Å²) >= 11 is 0. The lowest BCUT2D eigenvalue weighted by molar-refractivity contribution is 0.394. The minimum Gasteiger partial charge on any atom is -0.355 e. The third-order valence-electron chi connectivity index (χ3n) is 4.09. The fourth-order valence-corrected chi connectivity index (χ4v) is 3.38. The van der Waals surface area contributed by atoms with Crippen LogP contribution in [0.25, 0.3) is 22.4 Å². The van der Waals surface area contributed by atoms with Gasteiger partial charge in [0, 0.05) is 17.6 Å². The van der Waals surface area contributed by atoms with Crippen LogP contribution in [0.5, 0.6) is 0 Å². The fourth-order valence-electron chi connectivity index (χ4n) is 3.38. The van der Waals surface area contributed by atoms with E-state index in [4.69, 9.17) is 4.52 Å². The Hall–Kier alpha value is -2.09. The van der Waals surface area contributed by atoms with Crippen LogP contribution in [0.2, 0.25) is 0 Å². The van der Waals surface area contributed by atoms with E-state index >= 15 is 0 Å². The molecule has 4 rings (SSSR count). The lowest BCUT2D eigenvalue weighted by atomic mass is 9.96. The van der Waals surface area contributed by atoms with Crippen molar-refractivity contribution in [3.05, 3.63) is 51.6 Å². The predicted molar refractivity (Wildman–Crippen MR) is 76.0 cm³/mol. The minimum absolute atomic E-state index is 0.979. The van der Waals surface area contributed by atoms with Gasteiger partial charge in [0.2, 0.25) is 0 Å². The minimum atomic E-state index is 0.979. The summed E-state index contributed by atoms with van der Waals surface area (Å²) in [4.78, 5) is 0. The number of allylic oxidation sites excluding steroid dienone is 2. The maximum Gasteiger partial charge on any atom is 0.171 e. The largest absolute Gasteiger partial charge is 0.355 e. The molecule has 0 atom stereocenters. The van der Waals surface area contributed by atoms with Crippen molar-refractivity contribution in [2.45, 2.75) is 27.2 Å². The first kappa shape index (κ1) is 10.8. The van der Waals surface area contributed by atoms with Crippen LogP contribution in [0.3, 0.4) is 0 Å². The Morgan fingerprint density at radius 2 is 1.68 bits per heavy atom. The zero-order valence-electron chi connectivity index (χ0n) is 11.4. The van der Waals surface area contributed by atoms with E-state index in [9.17, 15) is 0 Å². The second-order valence-electron chi connectivity index (χ2n) is 5.57. The molecular weight excluding hydrogens is 234 g/mol. The van der Waals surface area contributed by atoms with Crippen molar-refractivity contribution in [1.29, 1.82) is 0 Å². The monoisotopic (exact) mass is 249 g/mol. The average molecular weight is 249 g/mol. The molecule has 2 heteroatoms. The Balaban J connectivity index is 2.10. The smallest absolute Gasteiger partial charge is 0.171 e. The molecule has 2 nitrogen and oxygen atoms in total. The fraction of sp³-hybridized carbons (Fsp3) is 0.235. The van der Waals surface area contributed by atoms with Crippen molar-refractivity contribution in [3.8, 4) is 11.3 Å². The Bertz CT molecular complexity index is 842. The normalized spacial score (nSPS) is 15.5. The molecule has 2 aromatic rings. The molecule has 0 N–H and O–H groups in total. The van der Waals surface area contributed by atoms with Crippen molar-refractivity contribution in [3.63, 3.8) is 0 Å². The van der Waals surface area contributed by atoms with Crippen LogP contribution >= 0.6 is 0 Å². The van der Waals surface area contributed by atoms with E-state index in [-0.39, 0.29) is 0 Å². The topological polar surface area (TPSA) is 26.0 Å². The molecule has 0 aliphatic heterocycles. The Labute approximate surface area is 111 Å². The number of benzene rings is 1. The summed E-state index contributed by atoms with van der Waals surface area (Å²) in [5.41, 5.74) is 9.67. The molecular formula is C17H15NO. The maximum atomic E-state index is 5.58. The van der Waals surface area contributed by atoms with Gasteiger partial charge in [-0.1, -0.05) is 35.0 Å². The molecule has 2 bridgehead atoms. The quantitative estimate of drug-likeness (QED) is 0.776.